The number of aliphatic hydroxyl groups is 1. The summed E-state index contributed by atoms with van der Waals surface area (Å²) in [7, 11) is 1.59. The summed E-state index contributed by atoms with van der Waals surface area (Å²) in [5.74, 6) is 0.307. The number of hydrogen-bond acceptors (Lipinski definition) is 3. The summed E-state index contributed by atoms with van der Waals surface area (Å²) in [5, 5.41) is 10.1. The van der Waals surface area contributed by atoms with Crippen molar-refractivity contribution in [3.8, 4) is 0 Å². The van der Waals surface area contributed by atoms with E-state index in [9.17, 15) is 9.50 Å². The lowest BCUT2D eigenvalue weighted by Gasteiger charge is -2.27. The third kappa shape index (κ3) is 6.27. The summed E-state index contributed by atoms with van der Waals surface area (Å²) in [6.45, 7) is 7.29. The molecule has 0 saturated carbocycles. The molecule has 4 nitrogen and oxygen atoms in total. The summed E-state index contributed by atoms with van der Waals surface area (Å²) >= 11 is 0. The van der Waals surface area contributed by atoms with Gasteiger partial charge in [-0.3, -0.25) is 4.90 Å². The van der Waals surface area contributed by atoms with E-state index in [1.165, 1.54) is 6.07 Å². The molecule has 0 radical (unpaired) electrons. The maximum Gasteiger partial charge on any atom is 0.128 e. The van der Waals surface area contributed by atoms with Crippen LogP contribution in [0.15, 0.2) is 42.6 Å². The Bertz CT molecular complexity index is 642. The van der Waals surface area contributed by atoms with E-state index >= 15 is 0 Å². The highest BCUT2D eigenvalue weighted by Crippen LogP contribution is 2.14. The van der Waals surface area contributed by atoms with E-state index in [0.717, 1.165) is 12.2 Å². The first-order chi connectivity index (χ1) is 12.0. The third-order valence-electron chi connectivity index (χ3n) is 4.06. The van der Waals surface area contributed by atoms with Gasteiger partial charge < -0.3 is 14.4 Å². The third-order valence-corrected chi connectivity index (χ3v) is 4.06. The molecule has 1 N–H and O–H groups in total. The first kappa shape index (κ1) is 19.6. The number of nitrogens with zero attached hydrogens (tertiary/aromatic N) is 2. The molecule has 1 aromatic carbocycles. The Kier molecular flexibility index (Phi) is 7.62. The first-order valence-electron chi connectivity index (χ1n) is 8.76. The molecule has 25 heavy (non-hydrogen) atoms. The summed E-state index contributed by atoms with van der Waals surface area (Å²) in [4.78, 5) is 2.22. The van der Waals surface area contributed by atoms with Crippen molar-refractivity contribution in [2.45, 2.75) is 33.0 Å². The zero-order valence-electron chi connectivity index (χ0n) is 15.4. The molecule has 0 aliphatic carbocycles. The topological polar surface area (TPSA) is 37.6 Å². The molecule has 0 amide bonds. The first-order valence-corrected chi connectivity index (χ1v) is 8.76. The predicted molar refractivity (Wildman–Crippen MR) is 97.9 cm³/mol. The van der Waals surface area contributed by atoms with Crippen LogP contribution in [0, 0.1) is 11.7 Å². The van der Waals surface area contributed by atoms with Crippen LogP contribution < -0.4 is 0 Å². The molecule has 1 atom stereocenters. The van der Waals surface area contributed by atoms with Crippen LogP contribution in [-0.2, 0) is 17.8 Å². The lowest BCUT2D eigenvalue weighted by atomic mass is 10.2. The molecule has 0 saturated heterocycles. The van der Waals surface area contributed by atoms with E-state index in [1.54, 1.807) is 13.2 Å². The quantitative estimate of drug-likeness (QED) is 0.717. The zero-order valence-corrected chi connectivity index (χ0v) is 15.4. The second kappa shape index (κ2) is 9.70. The van der Waals surface area contributed by atoms with Gasteiger partial charge in [-0.1, -0.05) is 32.0 Å². The Labute approximate surface area is 149 Å². The Hall–Kier alpha value is -1.69. The summed E-state index contributed by atoms with van der Waals surface area (Å²) in [5.41, 5.74) is 1.78. The van der Waals surface area contributed by atoms with Gasteiger partial charge in [0.1, 0.15) is 5.82 Å². The van der Waals surface area contributed by atoms with E-state index in [4.69, 9.17) is 4.74 Å². The number of halogens is 1. The fourth-order valence-corrected chi connectivity index (χ4v) is 3.05. The number of benzene rings is 1. The fourth-order valence-electron chi connectivity index (χ4n) is 3.05. The maximum atomic E-state index is 13.9. The van der Waals surface area contributed by atoms with Gasteiger partial charge in [-0.05, 0) is 24.1 Å². The van der Waals surface area contributed by atoms with E-state index < -0.39 is 6.10 Å². The average Bonchev–Trinajstić information content (AvgIpc) is 2.96. The molecule has 2 rings (SSSR count). The van der Waals surface area contributed by atoms with Crippen LogP contribution in [0.25, 0.3) is 0 Å². The second-order valence-electron chi connectivity index (χ2n) is 6.92. The zero-order chi connectivity index (χ0) is 18.2. The van der Waals surface area contributed by atoms with Crippen LogP contribution >= 0.6 is 0 Å². The molecule has 0 spiro atoms. The summed E-state index contributed by atoms with van der Waals surface area (Å²) in [6, 6.07) is 10.9. The van der Waals surface area contributed by atoms with Crippen LogP contribution in [-0.4, -0.2) is 47.5 Å². The minimum Gasteiger partial charge on any atom is -0.389 e. The predicted octanol–water partition coefficient (Wildman–Crippen LogP) is 3.14. The van der Waals surface area contributed by atoms with Gasteiger partial charge in [0.05, 0.1) is 19.3 Å². The minimum absolute atomic E-state index is 0.184. The molecule has 0 aliphatic rings. The molecule has 2 aromatic rings. The molecule has 0 bridgehead atoms. The highest BCUT2D eigenvalue weighted by Gasteiger charge is 2.15. The van der Waals surface area contributed by atoms with Crippen LogP contribution in [0.5, 0.6) is 0 Å². The SMILES string of the molecule is COC[C@@H](O)CN(Cc1cccn1Cc1ccccc1F)CC(C)C. The largest absolute Gasteiger partial charge is 0.389 e. The van der Waals surface area contributed by atoms with Gasteiger partial charge in [0.25, 0.3) is 0 Å². The number of aliphatic hydroxyl groups excluding tert-OH is 1. The summed E-state index contributed by atoms with van der Waals surface area (Å²) < 4.78 is 21.0. The van der Waals surface area contributed by atoms with E-state index in [1.807, 2.05) is 24.4 Å². The van der Waals surface area contributed by atoms with Gasteiger partial charge >= 0.3 is 0 Å². The molecule has 0 fully saturated rings. The van der Waals surface area contributed by atoms with Gasteiger partial charge in [-0.25, -0.2) is 4.39 Å². The van der Waals surface area contributed by atoms with E-state index in [0.29, 0.717) is 37.7 Å². The second-order valence-corrected chi connectivity index (χ2v) is 6.92. The van der Waals surface area contributed by atoms with Crippen molar-refractivity contribution in [3.05, 3.63) is 59.7 Å². The summed E-state index contributed by atoms with van der Waals surface area (Å²) in [6.07, 6.45) is 1.46. The van der Waals surface area contributed by atoms with Gasteiger partial charge in [-0.2, -0.15) is 0 Å². The maximum absolute atomic E-state index is 13.9. The van der Waals surface area contributed by atoms with Gasteiger partial charge in [0, 0.05) is 44.2 Å². The highest BCUT2D eigenvalue weighted by molar-refractivity contribution is 5.19. The molecule has 5 heteroatoms. The Morgan fingerprint density at radius 1 is 1.16 bits per heavy atom. The van der Waals surface area contributed by atoms with Crippen molar-refractivity contribution in [3.63, 3.8) is 0 Å². The highest BCUT2D eigenvalue weighted by atomic mass is 19.1. The fraction of sp³-hybridized carbons (Fsp3) is 0.500. The average molecular weight is 348 g/mol. The van der Waals surface area contributed by atoms with Crippen molar-refractivity contribution in [1.29, 1.82) is 0 Å². The van der Waals surface area contributed by atoms with Gasteiger partial charge in [-0.15, -0.1) is 0 Å². The number of hydrogen-bond donors (Lipinski definition) is 1. The van der Waals surface area contributed by atoms with Crippen molar-refractivity contribution < 1.29 is 14.2 Å². The van der Waals surface area contributed by atoms with E-state index in [-0.39, 0.29) is 5.82 Å². The number of methoxy groups -OCH3 is 1. The minimum atomic E-state index is -0.515. The van der Waals surface area contributed by atoms with E-state index in [2.05, 4.69) is 29.4 Å². The normalized spacial score (nSPS) is 12.9. The molecule has 0 unspecified atom stereocenters. The Morgan fingerprint density at radius 2 is 1.92 bits per heavy atom. The number of rotatable bonds is 10. The standard InChI is InChI=1S/C20H29FN2O2/c1-16(2)11-22(14-19(24)15-25-3)13-18-8-6-10-23(18)12-17-7-4-5-9-20(17)21/h4-10,16,19,24H,11-15H2,1-3H3/t19-/m0/s1. The van der Waals surface area contributed by atoms with Crippen molar-refractivity contribution in [2.24, 2.45) is 5.92 Å². The number of ether oxygens (including phenoxy) is 1. The lowest BCUT2D eigenvalue weighted by Crippen LogP contribution is -2.37. The van der Waals surface area contributed by atoms with Crippen LogP contribution in [0.2, 0.25) is 0 Å². The van der Waals surface area contributed by atoms with Gasteiger partial charge in [0.2, 0.25) is 0 Å². The van der Waals surface area contributed by atoms with Crippen LogP contribution in [0.1, 0.15) is 25.1 Å². The molecular weight excluding hydrogens is 319 g/mol. The molecular formula is C20H29FN2O2. The van der Waals surface area contributed by atoms with Crippen molar-refractivity contribution >= 4 is 0 Å². The monoisotopic (exact) mass is 348 g/mol. The lowest BCUT2D eigenvalue weighted by molar-refractivity contribution is 0.0326. The smallest absolute Gasteiger partial charge is 0.128 e. The molecule has 1 heterocycles. The van der Waals surface area contributed by atoms with Crippen LogP contribution in [0.4, 0.5) is 4.39 Å². The van der Waals surface area contributed by atoms with Crippen LogP contribution in [0.3, 0.4) is 0 Å². The molecule has 138 valence electrons. The Morgan fingerprint density at radius 3 is 2.60 bits per heavy atom. The number of aromatic nitrogens is 1. The van der Waals surface area contributed by atoms with Crippen molar-refractivity contribution in [2.75, 3.05) is 26.8 Å². The van der Waals surface area contributed by atoms with Crippen molar-refractivity contribution in [1.82, 2.24) is 9.47 Å². The molecule has 1 aromatic heterocycles. The molecule has 0 aliphatic heterocycles. The van der Waals surface area contributed by atoms with Gasteiger partial charge in [0.15, 0.2) is 0 Å². The Balaban J connectivity index is 2.09.